The standard InChI is InChI=1S/C15H22N2.2ClH/c1-2-6-15-14(5-1)8-11-17(15)10-7-13-4-3-9-16-12-13;;/h1-2,5-6,13,16H,3-4,7-12H2;2*1H. The fourth-order valence-electron chi connectivity index (χ4n) is 3.15. The summed E-state index contributed by atoms with van der Waals surface area (Å²) in [5, 5.41) is 3.51. The average Bonchev–Trinajstić information content (AvgIpc) is 2.81. The molecule has 2 nitrogen and oxygen atoms in total. The highest BCUT2D eigenvalue weighted by Gasteiger charge is 2.20. The van der Waals surface area contributed by atoms with Crippen LogP contribution in [0.5, 0.6) is 0 Å². The van der Waals surface area contributed by atoms with Gasteiger partial charge in [0.15, 0.2) is 0 Å². The predicted molar refractivity (Wildman–Crippen MR) is 87.1 cm³/mol. The van der Waals surface area contributed by atoms with Crippen molar-refractivity contribution < 1.29 is 0 Å². The lowest BCUT2D eigenvalue weighted by molar-refractivity contribution is 0.359. The van der Waals surface area contributed by atoms with Crippen molar-refractivity contribution in [1.29, 1.82) is 0 Å². The molecule has 0 bridgehead atoms. The van der Waals surface area contributed by atoms with Crippen LogP contribution in [0.15, 0.2) is 24.3 Å². The van der Waals surface area contributed by atoms with Crippen molar-refractivity contribution >= 4 is 30.5 Å². The van der Waals surface area contributed by atoms with Crippen molar-refractivity contribution in [1.82, 2.24) is 5.32 Å². The Hall–Kier alpha value is -0.440. The first kappa shape index (κ1) is 16.6. The summed E-state index contributed by atoms with van der Waals surface area (Å²) < 4.78 is 0. The first-order valence-electron chi connectivity index (χ1n) is 6.97. The maximum atomic E-state index is 3.51. The maximum Gasteiger partial charge on any atom is 0.0399 e. The van der Waals surface area contributed by atoms with Gasteiger partial charge in [0.05, 0.1) is 0 Å². The molecule has 2 aliphatic rings. The molecule has 19 heavy (non-hydrogen) atoms. The van der Waals surface area contributed by atoms with Gasteiger partial charge in [0.25, 0.3) is 0 Å². The van der Waals surface area contributed by atoms with Gasteiger partial charge in [-0.05, 0) is 56.3 Å². The number of rotatable bonds is 3. The highest BCUT2D eigenvalue weighted by Crippen LogP contribution is 2.28. The highest BCUT2D eigenvalue weighted by atomic mass is 35.5. The van der Waals surface area contributed by atoms with Crippen LogP contribution in [0.4, 0.5) is 5.69 Å². The van der Waals surface area contributed by atoms with Gasteiger partial charge in [-0.1, -0.05) is 18.2 Å². The molecule has 4 heteroatoms. The van der Waals surface area contributed by atoms with E-state index in [2.05, 4.69) is 34.5 Å². The number of nitrogens with one attached hydrogen (secondary N) is 1. The summed E-state index contributed by atoms with van der Waals surface area (Å²) in [4.78, 5) is 2.57. The molecule has 1 fully saturated rings. The minimum atomic E-state index is 0. The fourth-order valence-corrected chi connectivity index (χ4v) is 3.15. The topological polar surface area (TPSA) is 15.3 Å². The average molecular weight is 303 g/mol. The SMILES string of the molecule is Cl.Cl.c1ccc2c(c1)CCN2CCC1CCCNC1. The van der Waals surface area contributed by atoms with Gasteiger partial charge in [-0.3, -0.25) is 0 Å². The second-order valence-electron chi connectivity index (χ2n) is 5.37. The van der Waals surface area contributed by atoms with E-state index >= 15 is 0 Å². The molecule has 1 unspecified atom stereocenters. The molecule has 108 valence electrons. The molecule has 0 spiro atoms. The van der Waals surface area contributed by atoms with Gasteiger partial charge < -0.3 is 10.2 Å². The molecule has 0 aromatic heterocycles. The molecule has 3 rings (SSSR count). The Morgan fingerprint density at radius 3 is 2.84 bits per heavy atom. The number of hydrogen-bond acceptors (Lipinski definition) is 2. The summed E-state index contributed by atoms with van der Waals surface area (Å²) in [5.74, 6) is 0.900. The van der Waals surface area contributed by atoms with E-state index in [4.69, 9.17) is 0 Å². The van der Waals surface area contributed by atoms with Crippen molar-refractivity contribution in [2.45, 2.75) is 25.7 Å². The first-order chi connectivity index (χ1) is 8.43. The fraction of sp³-hybridized carbons (Fsp3) is 0.600. The van der Waals surface area contributed by atoms with Gasteiger partial charge in [-0.15, -0.1) is 24.8 Å². The lowest BCUT2D eigenvalue weighted by Crippen LogP contribution is -2.32. The number of nitrogens with zero attached hydrogens (tertiary/aromatic N) is 1. The number of anilines is 1. The number of halogens is 2. The Morgan fingerprint density at radius 1 is 1.21 bits per heavy atom. The highest BCUT2D eigenvalue weighted by molar-refractivity contribution is 5.85. The summed E-state index contributed by atoms with van der Waals surface area (Å²) in [6.07, 6.45) is 5.37. The summed E-state index contributed by atoms with van der Waals surface area (Å²) in [6, 6.07) is 8.88. The van der Waals surface area contributed by atoms with Crippen LogP contribution in [0.1, 0.15) is 24.8 Å². The molecule has 2 aliphatic heterocycles. The third-order valence-electron chi connectivity index (χ3n) is 4.19. The van der Waals surface area contributed by atoms with Crippen LogP contribution in [0.2, 0.25) is 0 Å². The Balaban J connectivity index is 0.000000902. The zero-order valence-electron chi connectivity index (χ0n) is 11.3. The van der Waals surface area contributed by atoms with Gasteiger partial charge in [0, 0.05) is 18.8 Å². The van der Waals surface area contributed by atoms with E-state index in [1.807, 2.05) is 0 Å². The molecule has 2 heterocycles. The van der Waals surface area contributed by atoms with E-state index in [1.165, 1.54) is 63.1 Å². The van der Waals surface area contributed by atoms with Crippen LogP contribution < -0.4 is 10.2 Å². The van der Waals surface area contributed by atoms with Gasteiger partial charge in [0.1, 0.15) is 0 Å². The van der Waals surface area contributed by atoms with E-state index < -0.39 is 0 Å². The molecular weight excluding hydrogens is 279 g/mol. The van der Waals surface area contributed by atoms with Crippen molar-refractivity contribution in [3.05, 3.63) is 29.8 Å². The predicted octanol–water partition coefficient (Wildman–Crippen LogP) is 3.28. The maximum absolute atomic E-state index is 3.51. The number of benzene rings is 1. The molecule has 1 N–H and O–H groups in total. The van der Waals surface area contributed by atoms with E-state index in [1.54, 1.807) is 0 Å². The lowest BCUT2D eigenvalue weighted by atomic mass is 9.96. The van der Waals surface area contributed by atoms with Gasteiger partial charge in [0.2, 0.25) is 0 Å². The first-order valence-corrected chi connectivity index (χ1v) is 6.97. The molecule has 0 aliphatic carbocycles. The Kier molecular flexibility index (Phi) is 6.98. The smallest absolute Gasteiger partial charge is 0.0399 e. The van der Waals surface area contributed by atoms with Gasteiger partial charge in [-0.2, -0.15) is 0 Å². The number of para-hydroxylation sites is 1. The van der Waals surface area contributed by atoms with Crippen LogP contribution in [0.25, 0.3) is 0 Å². The van der Waals surface area contributed by atoms with E-state index in [-0.39, 0.29) is 24.8 Å². The van der Waals surface area contributed by atoms with Crippen LogP contribution in [-0.2, 0) is 6.42 Å². The Bertz CT molecular complexity index is 378. The van der Waals surface area contributed by atoms with Gasteiger partial charge in [-0.25, -0.2) is 0 Å². The van der Waals surface area contributed by atoms with Crippen molar-refractivity contribution in [3.63, 3.8) is 0 Å². The molecule has 0 amide bonds. The summed E-state index contributed by atoms with van der Waals surface area (Å²) in [5.41, 5.74) is 3.02. The number of hydrogen-bond donors (Lipinski definition) is 1. The zero-order chi connectivity index (χ0) is 11.5. The summed E-state index contributed by atoms with van der Waals surface area (Å²) in [7, 11) is 0. The van der Waals surface area contributed by atoms with E-state index in [0.717, 1.165) is 5.92 Å². The summed E-state index contributed by atoms with van der Waals surface area (Å²) >= 11 is 0. The molecule has 1 saturated heterocycles. The van der Waals surface area contributed by atoms with Crippen LogP contribution in [-0.4, -0.2) is 26.2 Å². The van der Waals surface area contributed by atoms with Gasteiger partial charge >= 0.3 is 0 Å². The number of piperidine rings is 1. The minimum absolute atomic E-state index is 0. The van der Waals surface area contributed by atoms with Crippen molar-refractivity contribution in [2.24, 2.45) is 5.92 Å². The third kappa shape index (κ3) is 4.01. The molecule has 1 atom stereocenters. The largest absolute Gasteiger partial charge is 0.371 e. The molecular formula is C15H24Cl2N2. The minimum Gasteiger partial charge on any atom is -0.371 e. The molecule has 0 radical (unpaired) electrons. The lowest BCUT2D eigenvalue weighted by Gasteiger charge is -2.26. The van der Waals surface area contributed by atoms with E-state index in [0.29, 0.717) is 0 Å². The molecule has 1 aromatic rings. The quantitative estimate of drug-likeness (QED) is 0.922. The van der Waals surface area contributed by atoms with Crippen LogP contribution >= 0.6 is 24.8 Å². The van der Waals surface area contributed by atoms with Crippen LogP contribution in [0.3, 0.4) is 0 Å². The second kappa shape index (κ2) is 7.98. The Labute approximate surface area is 128 Å². The van der Waals surface area contributed by atoms with Crippen LogP contribution in [0, 0.1) is 5.92 Å². The zero-order valence-corrected chi connectivity index (χ0v) is 12.9. The van der Waals surface area contributed by atoms with Crippen molar-refractivity contribution in [3.8, 4) is 0 Å². The third-order valence-corrected chi connectivity index (χ3v) is 4.19. The molecule has 0 saturated carbocycles. The normalized spacial score (nSPS) is 21.3. The van der Waals surface area contributed by atoms with Crippen molar-refractivity contribution in [2.75, 3.05) is 31.1 Å². The van der Waals surface area contributed by atoms with E-state index in [9.17, 15) is 0 Å². The molecule has 1 aromatic carbocycles. The monoisotopic (exact) mass is 302 g/mol. The Morgan fingerprint density at radius 2 is 2.05 bits per heavy atom. The summed E-state index contributed by atoms with van der Waals surface area (Å²) in [6.45, 7) is 4.92. The number of fused-ring (bicyclic) bond motifs is 1. The second-order valence-corrected chi connectivity index (χ2v) is 5.37.